The first kappa shape index (κ1) is 21.3. The number of halogens is 2. The lowest BCUT2D eigenvalue weighted by molar-refractivity contribution is -0.117. The van der Waals surface area contributed by atoms with Crippen LogP contribution in [0.2, 0.25) is 5.02 Å². The van der Waals surface area contributed by atoms with Gasteiger partial charge in [-0.05, 0) is 30.7 Å². The molecule has 0 fully saturated rings. The number of nitrogens with one attached hydrogen (secondary N) is 1. The molecule has 5 nitrogen and oxygen atoms in total. The Morgan fingerprint density at radius 1 is 1.20 bits per heavy atom. The number of hydrogen-bond acceptors (Lipinski definition) is 4. The summed E-state index contributed by atoms with van der Waals surface area (Å²) in [5.74, 6) is 0.234. The molecule has 0 saturated heterocycles. The molecule has 3 N–H and O–H groups in total. The van der Waals surface area contributed by atoms with Gasteiger partial charge in [0.05, 0.1) is 11.6 Å². The van der Waals surface area contributed by atoms with Crippen LogP contribution in [-0.4, -0.2) is 26.2 Å². The maximum atomic E-state index is 12.3. The number of benzene rings is 2. The highest BCUT2D eigenvalue weighted by atomic mass is 35.5. The van der Waals surface area contributed by atoms with Crippen molar-refractivity contribution >= 4 is 35.6 Å². The van der Waals surface area contributed by atoms with Gasteiger partial charge in [0.25, 0.3) is 0 Å². The number of ether oxygens (including phenoxy) is 2. The molecule has 0 aliphatic carbocycles. The van der Waals surface area contributed by atoms with Gasteiger partial charge < -0.3 is 20.5 Å². The van der Waals surface area contributed by atoms with Crippen LogP contribution in [0.1, 0.15) is 17.2 Å². The molecule has 0 aliphatic heterocycles. The van der Waals surface area contributed by atoms with Crippen LogP contribution in [0.15, 0.2) is 42.5 Å². The molecular weight excluding hydrogens is 363 g/mol. The Labute approximate surface area is 158 Å². The lowest BCUT2D eigenvalue weighted by atomic mass is 10.1. The Balaban J connectivity index is 0.00000312. The van der Waals surface area contributed by atoms with Crippen LogP contribution in [0.4, 0.5) is 5.69 Å². The van der Waals surface area contributed by atoms with Crippen molar-refractivity contribution in [3.05, 3.63) is 58.6 Å². The van der Waals surface area contributed by atoms with E-state index >= 15 is 0 Å². The van der Waals surface area contributed by atoms with Crippen molar-refractivity contribution in [2.24, 2.45) is 5.73 Å². The summed E-state index contributed by atoms with van der Waals surface area (Å²) in [6, 6.07) is 11.8. The van der Waals surface area contributed by atoms with E-state index in [1.54, 1.807) is 25.3 Å². The van der Waals surface area contributed by atoms with Crippen molar-refractivity contribution < 1.29 is 14.3 Å². The number of aryl methyl sites for hydroxylation is 1. The number of rotatable bonds is 7. The average molecular weight is 385 g/mol. The van der Waals surface area contributed by atoms with Crippen molar-refractivity contribution in [1.82, 2.24) is 0 Å². The highest BCUT2D eigenvalue weighted by molar-refractivity contribution is 6.32. The van der Waals surface area contributed by atoms with Crippen molar-refractivity contribution in [2.45, 2.75) is 13.0 Å². The SMILES string of the molecule is COCCOc1ccc(NC(=O)C(N)c2ccc(C)cc2)cc1Cl.Cl. The fraction of sp³-hybridized carbons (Fsp3) is 0.278. The van der Waals surface area contributed by atoms with E-state index in [9.17, 15) is 4.79 Å². The monoisotopic (exact) mass is 384 g/mol. The highest BCUT2D eigenvalue weighted by Crippen LogP contribution is 2.28. The molecule has 2 rings (SSSR count). The van der Waals surface area contributed by atoms with Crippen molar-refractivity contribution in [1.29, 1.82) is 0 Å². The summed E-state index contributed by atoms with van der Waals surface area (Å²) < 4.78 is 10.4. The standard InChI is InChI=1S/C18H21ClN2O3.ClH/c1-12-3-5-13(6-4-12)17(20)18(22)21-14-7-8-16(15(19)11-14)24-10-9-23-2;/h3-8,11,17H,9-10,20H2,1-2H3,(H,21,22);1H. The van der Waals surface area contributed by atoms with Gasteiger partial charge in [-0.3, -0.25) is 4.79 Å². The zero-order valence-corrected chi connectivity index (χ0v) is 15.7. The molecule has 1 amide bonds. The Hall–Kier alpha value is -1.79. The molecule has 136 valence electrons. The van der Waals surface area contributed by atoms with Gasteiger partial charge >= 0.3 is 0 Å². The second kappa shape index (κ2) is 10.3. The van der Waals surface area contributed by atoms with Gasteiger partial charge in [-0.15, -0.1) is 12.4 Å². The lowest BCUT2D eigenvalue weighted by Gasteiger charge is -2.14. The summed E-state index contributed by atoms with van der Waals surface area (Å²) in [7, 11) is 1.60. The minimum Gasteiger partial charge on any atom is -0.490 e. The van der Waals surface area contributed by atoms with Crippen LogP contribution < -0.4 is 15.8 Å². The van der Waals surface area contributed by atoms with Crippen molar-refractivity contribution in [3.8, 4) is 5.75 Å². The van der Waals surface area contributed by atoms with Crippen LogP contribution in [0.5, 0.6) is 5.75 Å². The van der Waals surface area contributed by atoms with Crippen LogP contribution in [-0.2, 0) is 9.53 Å². The highest BCUT2D eigenvalue weighted by Gasteiger charge is 2.16. The number of methoxy groups -OCH3 is 1. The average Bonchev–Trinajstić information content (AvgIpc) is 2.57. The molecule has 2 aromatic rings. The fourth-order valence-corrected chi connectivity index (χ4v) is 2.31. The van der Waals surface area contributed by atoms with Crippen LogP contribution >= 0.6 is 24.0 Å². The van der Waals surface area contributed by atoms with Gasteiger partial charge in [0, 0.05) is 12.8 Å². The van der Waals surface area contributed by atoms with Gasteiger partial charge in [-0.2, -0.15) is 0 Å². The maximum Gasteiger partial charge on any atom is 0.245 e. The zero-order chi connectivity index (χ0) is 17.5. The first-order valence-electron chi connectivity index (χ1n) is 7.55. The molecule has 7 heteroatoms. The summed E-state index contributed by atoms with van der Waals surface area (Å²) in [5, 5.41) is 3.17. The van der Waals surface area contributed by atoms with E-state index in [1.807, 2.05) is 31.2 Å². The molecule has 0 saturated carbocycles. The van der Waals surface area contributed by atoms with E-state index < -0.39 is 6.04 Å². The van der Waals surface area contributed by atoms with Crippen molar-refractivity contribution in [2.75, 3.05) is 25.6 Å². The molecule has 25 heavy (non-hydrogen) atoms. The third kappa shape index (κ3) is 6.21. The molecule has 0 bridgehead atoms. The Morgan fingerprint density at radius 2 is 1.88 bits per heavy atom. The quantitative estimate of drug-likeness (QED) is 0.713. The number of carbonyl (C=O) groups is 1. The molecule has 0 radical (unpaired) electrons. The zero-order valence-electron chi connectivity index (χ0n) is 14.1. The molecule has 1 unspecified atom stereocenters. The molecule has 0 aliphatic rings. The summed E-state index contributed by atoms with van der Waals surface area (Å²) in [6.45, 7) is 2.86. The third-order valence-corrected chi connectivity index (χ3v) is 3.76. The summed E-state index contributed by atoms with van der Waals surface area (Å²) >= 11 is 6.16. The van der Waals surface area contributed by atoms with Gasteiger partial charge in [-0.1, -0.05) is 41.4 Å². The van der Waals surface area contributed by atoms with Crippen molar-refractivity contribution in [3.63, 3.8) is 0 Å². The van der Waals surface area contributed by atoms with Gasteiger partial charge in [-0.25, -0.2) is 0 Å². The summed E-state index contributed by atoms with van der Waals surface area (Å²) in [5.41, 5.74) is 8.43. The molecule has 0 aromatic heterocycles. The van der Waals surface area contributed by atoms with E-state index in [2.05, 4.69) is 5.32 Å². The Morgan fingerprint density at radius 3 is 2.48 bits per heavy atom. The molecular formula is C18H22Cl2N2O3. The second-order valence-corrected chi connectivity index (χ2v) is 5.77. The van der Waals surface area contributed by atoms with Crippen LogP contribution in [0.25, 0.3) is 0 Å². The van der Waals surface area contributed by atoms with Gasteiger partial charge in [0.15, 0.2) is 0 Å². The number of hydrogen-bond donors (Lipinski definition) is 2. The molecule has 1 atom stereocenters. The topological polar surface area (TPSA) is 73.6 Å². The second-order valence-electron chi connectivity index (χ2n) is 5.36. The molecule has 2 aromatic carbocycles. The summed E-state index contributed by atoms with van der Waals surface area (Å²) in [4.78, 5) is 12.3. The van der Waals surface area contributed by atoms with Gasteiger partial charge in [0.1, 0.15) is 18.4 Å². The molecule has 0 heterocycles. The minimum atomic E-state index is -0.748. The number of carbonyl (C=O) groups excluding carboxylic acids is 1. The van der Waals surface area contributed by atoms with Crippen LogP contribution in [0, 0.1) is 6.92 Å². The normalized spacial score (nSPS) is 11.4. The summed E-state index contributed by atoms with van der Waals surface area (Å²) in [6.07, 6.45) is 0. The van der Waals surface area contributed by atoms with Gasteiger partial charge in [0.2, 0.25) is 5.91 Å². The maximum absolute atomic E-state index is 12.3. The largest absolute Gasteiger partial charge is 0.490 e. The lowest BCUT2D eigenvalue weighted by Crippen LogP contribution is -2.27. The van der Waals surface area contributed by atoms with Crippen LogP contribution in [0.3, 0.4) is 0 Å². The fourth-order valence-electron chi connectivity index (χ4n) is 2.08. The van der Waals surface area contributed by atoms with E-state index in [-0.39, 0.29) is 18.3 Å². The predicted molar refractivity (Wildman–Crippen MR) is 103 cm³/mol. The Kier molecular flexibility index (Phi) is 8.72. The Bertz CT molecular complexity index is 693. The number of nitrogens with two attached hydrogens (primary N) is 1. The van der Waals surface area contributed by atoms with E-state index in [0.717, 1.165) is 11.1 Å². The van der Waals surface area contributed by atoms with E-state index in [1.165, 1.54) is 0 Å². The third-order valence-electron chi connectivity index (χ3n) is 3.46. The smallest absolute Gasteiger partial charge is 0.245 e. The number of amides is 1. The predicted octanol–water partition coefficient (Wildman–Crippen LogP) is 3.73. The first-order valence-corrected chi connectivity index (χ1v) is 7.93. The van der Waals surface area contributed by atoms with E-state index in [4.69, 9.17) is 26.8 Å². The van der Waals surface area contributed by atoms with E-state index in [0.29, 0.717) is 29.7 Å². The minimum absolute atomic E-state index is 0. The molecule has 0 spiro atoms. The number of anilines is 1. The first-order chi connectivity index (χ1) is 11.5.